The van der Waals surface area contributed by atoms with Crippen LogP contribution >= 0.6 is 11.8 Å². The van der Waals surface area contributed by atoms with E-state index in [1.165, 1.54) is 16.2 Å². The van der Waals surface area contributed by atoms with Gasteiger partial charge in [-0.25, -0.2) is 0 Å². The standard InChI is InChI=1S/C16H21NO2S/c18-16(19)6-5-12-7-8-17(9-12)10-13-11-20-15-4-2-1-3-14(13)15/h1-4,12-13H,5-11H2,(H,18,19). The van der Waals surface area contributed by atoms with E-state index < -0.39 is 5.97 Å². The Kier molecular flexibility index (Phi) is 4.32. The summed E-state index contributed by atoms with van der Waals surface area (Å²) in [7, 11) is 0. The van der Waals surface area contributed by atoms with E-state index in [0.29, 0.717) is 18.3 Å². The summed E-state index contributed by atoms with van der Waals surface area (Å²) < 4.78 is 0. The summed E-state index contributed by atoms with van der Waals surface area (Å²) in [6.45, 7) is 3.35. The molecular weight excluding hydrogens is 270 g/mol. The number of hydrogen-bond acceptors (Lipinski definition) is 3. The summed E-state index contributed by atoms with van der Waals surface area (Å²) in [5.74, 6) is 1.75. The van der Waals surface area contributed by atoms with E-state index in [1.54, 1.807) is 0 Å². The number of thioether (sulfide) groups is 1. The van der Waals surface area contributed by atoms with E-state index in [4.69, 9.17) is 5.11 Å². The predicted molar refractivity (Wildman–Crippen MR) is 81.3 cm³/mol. The first-order valence-electron chi connectivity index (χ1n) is 7.38. The number of carboxylic acid groups (broad SMARTS) is 1. The van der Waals surface area contributed by atoms with E-state index in [9.17, 15) is 4.79 Å². The van der Waals surface area contributed by atoms with Gasteiger partial charge in [0.1, 0.15) is 0 Å². The van der Waals surface area contributed by atoms with Crippen molar-refractivity contribution >= 4 is 17.7 Å². The third kappa shape index (κ3) is 3.18. The number of benzene rings is 1. The molecule has 4 heteroatoms. The van der Waals surface area contributed by atoms with Crippen molar-refractivity contribution in [2.45, 2.75) is 30.1 Å². The Balaban J connectivity index is 1.52. The summed E-state index contributed by atoms with van der Waals surface area (Å²) in [6.07, 6.45) is 2.32. The Morgan fingerprint density at radius 1 is 1.40 bits per heavy atom. The SMILES string of the molecule is O=C(O)CCC1CCN(CC2CSc3ccccc32)C1. The minimum atomic E-state index is -0.662. The zero-order valence-electron chi connectivity index (χ0n) is 11.6. The fourth-order valence-electron chi connectivity index (χ4n) is 3.33. The maximum absolute atomic E-state index is 10.6. The van der Waals surface area contributed by atoms with Crippen LogP contribution in [-0.4, -0.2) is 41.4 Å². The molecule has 0 spiro atoms. The van der Waals surface area contributed by atoms with E-state index in [-0.39, 0.29) is 0 Å². The Morgan fingerprint density at radius 2 is 2.25 bits per heavy atom. The molecule has 20 heavy (non-hydrogen) atoms. The van der Waals surface area contributed by atoms with Gasteiger partial charge in [-0.2, -0.15) is 0 Å². The lowest BCUT2D eigenvalue weighted by Gasteiger charge is -2.20. The highest BCUT2D eigenvalue weighted by Crippen LogP contribution is 2.40. The van der Waals surface area contributed by atoms with Crippen molar-refractivity contribution in [3.05, 3.63) is 29.8 Å². The Labute approximate surface area is 124 Å². The highest BCUT2D eigenvalue weighted by Gasteiger charge is 2.28. The smallest absolute Gasteiger partial charge is 0.303 e. The van der Waals surface area contributed by atoms with E-state index in [0.717, 1.165) is 32.5 Å². The monoisotopic (exact) mass is 291 g/mol. The molecule has 2 unspecified atom stereocenters. The molecule has 1 saturated heterocycles. The van der Waals surface area contributed by atoms with Gasteiger partial charge in [-0.3, -0.25) is 4.79 Å². The van der Waals surface area contributed by atoms with Gasteiger partial charge in [-0.1, -0.05) is 18.2 Å². The highest BCUT2D eigenvalue weighted by molar-refractivity contribution is 7.99. The summed E-state index contributed by atoms with van der Waals surface area (Å²) in [4.78, 5) is 14.6. The van der Waals surface area contributed by atoms with Crippen LogP contribution in [0.2, 0.25) is 0 Å². The third-order valence-electron chi connectivity index (χ3n) is 4.41. The number of hydrogen-bond donors (Lipinski definition) is 1. The summed E-state index contributed by atoms with van der Waals surface area (Å²) in [5, 5.41) is 8.76. The number of aliphatic carboxylic acids is 1. The van der Waals surface area contributed by atoms with Crippen molar-refractivity contribution in [1.82, 2.24) is 4.90 Å². The first kappa shape index (κ1) is 14.0. The minimum Gasteiger partial charge on any atom is -0.481 e. The van der Waals surface area contributed by atoms with Gasteiger partial charge in [0.05, 0.1) is 0 Å². The van der Waals surface area contributed by atoms with Crippen LogP contribution in [-0.2, 0) is 4.79 Å². The topological polar surface area (TPSA) is 40.5 Å². The van der Waals surface area contributed by atoms with E-state index in [1.807, 2.05) is 11.8 Å². The van der Waals surface area contributed by atoms with Crippen LogP contribution in [0.3, 0.4) is 0 Å². The van der Waals surface area contributed by atoms with Crippen LogP contribution in [0, 0.1) is 5.92 Å². The molecule has 2 heterocycles. The fraction of sp³-hybridized carbons (Fsp3) is 0.562. The van der Waals surface area contributed by atoms with Gasteiger partial charge in [-0.15, -0.1) is 11.8 Å². The molecule has 1 fully saturated rings. The maximum Gasteiger partial charge on any atom is 0.303 e. The Hall–Kier alpha value is -1.00. The maximum atomic E-state index is 10.6. The molecule has 2 atom stereocenters. The van der Waals surface area contributed by atoms with Crippen molar-refractivity contribution in [1.29, 1.82) is 0 Å². The molecule has 1 aromatic rings. The van der Waals surface area contributed by atoms with Crippen molar-refractivity contribution in [3.63, 3.8) is 0 Å². The fourth-order valence-corrected chi connectivity index (χ4v) is 4.58. The molecule has 2 aliphatic rings. The molecular formula is C16H21NO2S. The number of carboxylic acids is 1. The Bertz CT molecular complexity index is 491. The first-order valence-corrected chi connectivity index (χ1v) is 8.37. The highest BCUT2D eigenvalue weighted by atomic mass is 32.2. The van der Waals surface area contributed by atoms with Crippen LogP contribution in [0.15, 0.2) is 29.2 Å². The number of fused-ring (bicyclic) bond motifs is 1. The van der Waals surface area contributed by atoms with Crippen LogP contribution in [0.1, 0.15) is 30.7 Å². The quantitative estimate of drug-likeness (QED) is 0.905. The number of carbonyl (C=O) groups is 1. The number of nitrogens with zero attached hydrogens (tertiary/aromatic N) is 1. The van der Waals surface area contributed by atoms with Gasteiger partial charge in [0.25, 0.3) is 0 Å². The van der Waals surface area contributed by atoms with Gasteiger partial charge >= 0.3 is 5.97 Å². The molecule has 0 aliphatic carbocycles. The largest absolute Gasteiger partial charge is 0.481 e. The molecule has 1 N–H and O–H groups in total. The summed E-state index contributed by atoms with van der Waals surface area (Å²) >= 11 is 1.97. The Morgan fingerprint density at radius 3 is 3.10 bits per heavy atom. The molecule has 0 radical (unpaired) electrons. The van der Waals surface area contributed by atoms with Crippen LogP contribution < -0.4 is 0 Å². The number of likely N-dealkylation sites (tertiary alicyclic amines) is 1. The van der Waals surface area contributed by atoms with E-state index in [2.05, 4.69) is 29.2 Å². The average Bonchev–Trinajstić information content (AvgIpc) is 3.05. The molecule has 0 bridgehead atoms. The lowest BCUT2D eigenvalue weighted by atomic mass is 10.0. The van der Waals surface area contributed by atoms with Gasteiger partial charge in [-0.05, 0) is 36.9 Å². The normalized spacial score (nSPS) is 25.8. The lowest BCUT2D eigenvalue weighted by Crippen LogP contribution is -2.26. The van der Waals surface area contributed by atoms with Crippen LogP contribution in [0.4, 0.5) is 0 Å². The molecule has 0 amide bonds. The van der Waals surface area contributed by atoms with Crippen molar-refractivity contribution in [3.8, 4) is 0 Å². The second kappa shape index (κ2) is 6.19. The summed E-state index contributed by atoms with van der Waals surface area (Å²) in [6, 6.07) is 8.74. The van der Waals surface area contributed by atoms with Gasteiger partial charge in [0.15, 0.2) is 0 Å². The molecule has 0 saturated carbocycles. The third-order valence-corrected chi connectivity index (χ3v) is 5.67. The molecule has 108 valence electrons. The van der Waals surface area contributed by atoms with Crippen molar-refractivity contribution in [2.75, 3.05) is 25.4 Å². The van der Waals surface area contributed by atoms with Gasteiger partial charge in [0, 0.05) is 36.1 Å². The molecule has 2 aliphatic heterocycles. The van der Waals surface area contributed by atoms with Crippen molar-refractivity contribution in [2.24, 2.45) is 5.92 Å². The zero-order chi connectivity index (χ0) is 13.9. The molecule has 0 aromatic heterocycles. The second-order valence-electron chi connectivity index (χ2n) is 5.89. The first-order chi connectivity index (χ1) is 9.72. The van der Waals surface area contributed by atoms with Crippen molar-refractivity contribution < 1.29 is 9.90 Å². The van der Waals surface area contributed by atoms with E-state index >= 15 is 0 Å². The minimum absolute atomic E-state index is 0.320. The number of rotatable bonds is 5. The molecule has 3 rings (SSSR count). The second-order valence-corrected chi connectivity index (χ2v) is 6.95. The molecule has 1 aromatic carbocycles. The average molecular weight is 291 g/mol. The lowest BCUT2D eigenvalue weighted by molar-refractivity contribution is -0.137. The van der Waals surface area contributed by atoms with Gasteiger partial charge < -0.3 is 10.0 Å². The van der Waals surface area contributed by atoms with Crippen LogP contribution in [0.25, 0.3) is 0 Å². The van der Waals surface area contributed by atoms with Gasteiger partial charge in [0.2, 0.25) is 0 Å². The predicted octanol–water partition coefficient (Wildman–Crippen LogP) is 3.06. The molecule has 3 nitrogen and oxygen atoms in total. The zero-order valence-corrected chi connectivity index (χ0v) is 12.4. The van der Waals surface area contributed by atoms with Crippen LogP contribution in [0.5, 0.6) is 0 Å². The summed E-state index contributed by atoms with van der Waals surface area (Å²) in [5.41, 5.74) is 1.51.